The topological polar surface area (TPSA) is 46.3 Å². The second kappa shape index (κ2) is 7.56. The van der Waals surface area contributed by atoms with Crippen molar-refractivity contribution in [3.63, 3.8) is 0 Å². The van der Waals surface area contributed by atoms with Gasteiger partial charge in [0.05, 0.1) is 12.1 Å². The Hall–Kier alpha value is -1.00. The Labute approximate surface area is 120 Å². The second-order valence-corrected chi connectivity index (χ2v) is 5.91. The van der Waals surface area contributed by atoms with Gasteiger partial charge in [0, 0.05) is 7.05 Å². The van der Waals surface area contributed by atoms with Crippen molar-refractivity contribution >= 4 is 17.7 Å². The van der Waals surface area contributed by atoms with Gasteiger partial charge in [-0.2, -0.15) is 11.8 Å². The van der Waals surface area contributed by atoms with Gasteiger partial charge in [0.2, 0.25) is 5.91 Å². The maximum atomic E-state index is 12.2. The molecular weight excluding hydrogens is 256 g/mol. The largest absolute Gasteiger partial charge is 0.338 e. The molecule has 0 aliphatic carbocycles. The molecule has 2 N–H and O–H groups in total. The van der Waals surface area contributed by atoms with Gasteiger partial charge in [-0.15, -0.1) is 0 Å². The molecule has 0 aliphatic heterocycles. The molecule has 1 amide bonds. The van der Waals surface area contributed by atoms with Gasteiger partial charge in [0.15, 0.2) is 0 Å². The van der Waals surface area contributed by atoms with Crippen LogP contribution >= 0.6 is 11.8 Å². The SMILES string of the molecule is CSCC[C@H](N)C(=O)N(C)C(C)c1ccc(C)cc1. The third-order valence-electron chi connectivity index (χ3n) is 3.44. The Kier molecular flexibility index (Phi) is 6.38. The molecule has 106 valence electrons. The van der Waals surface area contributed by atoms with Gasteiger partial charge in [0.1, 0.15) is 0 Å². The standard InChI is InChI=1S/C15H24N2OS/c1-11-5-7-13(8-6-11)12(2)17(3)15(18)14(16)9-10-19-4/h5-8,12,14H,9-10,16H2,1-4H3/t12?,14-/m0/s1. The fourth-order valence-corrected chi connectivity index (χ4v) is 2.38. The summed E-state index contributed by atoms with van der Waals surface area (Å²) < 4.78 is 0. The number of carbonyl (C=O) groups is 1. The predicted octanol–water partition coefficient (Wildman–Crippen LogP) is 2.59. The Morgan fingerprint density at radius 3 is 2.47 bits per heavy atom. The zero-order valence-corrected chi connectivity index (χ0v) is 13.0. The summed E-state index contributed by atoms with van der Waals surface area (Å²) in [4.78, 5) is 14.0. The van der Waals surface area contributed by atoms with E-state index in [2.05, 4.69) is 31.2 Å². The zero-order valence-electron chi connectivity index (χ0n) is 12.2. The Morgan fingerprint density at radius 2 is 1.95 bits per heavy atom. The number of carbonyl (C=O) groups excluding carboxylic acids is 1. The van der Waals surface area contributed by atoms with Crippen molar-refractivity contribution in [3.05, 3.63) is 35.4 Å². The van der Waals surface area contributed by atoms with E-state index in [1.807, 2.05) is 20.2 Å². The van der Waals surface area contributed by atoms with Crippen molar-refractivity contribution in [1.82, 2.24) is 4.90 Å². The van der Waals surface area contributed by atoms with Crippen molar-refractivity contribution in [2.45, 2.75) is 32.4 Å². The fourth-order valence-electron chi connectivity index (χ4n) is 1.89. The summed E-state index contributed by atoms with van der Waals surface area (Å²) >= 11 is 1.71. The molecule has 0 fully saturated rings. The number of aryl methyl sites for hydroxylation is 1. The molecule has 1 aromatic carbocycles. The van der Waals surface area contributed by atoms with E-state index in [0.29, 0.717) is 0 Å². The quantitative estimate of drug-likeness (QED) is 0.871. The van der Waals surface area contributed by atoms with Crippen LogP contribution in [0.25, 0.3) is 0 Å². The molecule has 0 heterocycles. The maximum Gasteiger partial charge on any atom is 0.239 e. The summed E-state index contributed by atoms with van der Waals surface area (Å²) in [5.74, 6) is 0.932. The molecular formula is C15H24N2OS. The first-order valence-corrected chi connectivity index (χ1v) is 7.94. The van der Waals surface area contributed by atoms with Crippen LogP contribution in [-0.2, 0) is 4.79 Å². The number of likely N-dealkylation sites (N-methyl/N-ethyl adjacent to an activating group) is 1. The Balaban J connectivity index is 2.67. The molecule has 0 aliphatic rings. The summed E-state index contributed by atoms with van der Waals surface area (Å²) in [6.07, 6.45) is 2.75. The first-order chi connectivity index (χ1) is 8.97. The molecule has 1 unspecified atom stereocenters. The highest BCUT2D eigenvalue weighted by Crippen LogP contribution is 2.20. The summed E-state index contributed by atoms with van der Waals surface area (Å²) in [6.45, 7) is 4.09. The Morgan fingerprint density at radius 1 is 1.37 bits per heavy atom. The third kappa shape index (κ3) is 4.55. The molecule has 2 atom stereocenters. The van der Waals surface area contributed by atoms with Crippen LogP contribution in [-0.4, -0.2) is 35.9 Å². The van der Waals surface area contributed by atoms with Crippen LogP contribution in [0.5, 0.6) is 0 Å². The maximum absolute atomic E-state index is 12.2. The normalized spacial score (nSPS) is 13.9. The lowest BCUT2D eigenvalue weighted by Gasteiger charge is -2.28. The lowest BCUT2D eigenvalue weighted by Crippen LogP contribution is -2.43. The molecule has 1 aromatic rings. The third-order valence-corrected chi connectivity index (χ3v) is 4.08. The van der Waals surface area contributed by atoms with Crippen LogP contribution in [0, 0.1) is 6.92 Å². The van der Waals surface area contributed by atoms with Crippen LogP contribution in [0.1, 0.15) is 30.5 Å². The van der Waals surface area contributed by atoms with E-state index >= 15 is 0 Å². The van der Waals surface area contributed by atoms with E-state index < -0.39 is 6.04 Å². The molecule has 0 saturated heterocycles. The van der Waals surface area contributed by atoms with Gasteiger partial charge in [-0.05, 0) is 37.8 Å². The molecule has 19 heavy (non-hydrogen) atoms. The molecule has 0 aromatic heterocycles. The molecule has 3 nitrogen and oxygen atoms in total. The highest BCUT2D eigenvalue weighted by molar-refractivity contribution is 7.98. The number of benzene rings is 1. The van der Waals surface area contributed by atoms with Crippen LogP contribution in [0.2, 0.25) is 0 Å². The molecule has 0 spiro atoms. The number of nitrogens with two attached hydrogens (primary N) is 1. The first-order valence-electron chi connectivity index (χ1n) is 6.55. The van der Waals surface area contributed by atoms with Crippen molar-refractivity contribution in [2.75, 3.05) is 19.1 Å². The van der Waals surface area contributed by atoms with Gasteiger partial charge >= 0.3 is 0 Å². The van der Waals surface area contributed by atoms with E-state index in [-0.39, 0.29) is 11.9 Å². The number of thioether (sulfide) groups is 1. The monoisotopic (exact) mass is 280 g/mol. The average molecular weight is 280 g/mol. The molecule has 1 rings (SSSR count). The minimum absolute atomic E-state index is 0.0159. The van der Waals surface area contributed by atoms with E-state index in [4.69, 9.17) is 5.73 Å². The van der Waals surface area contributed by atoms with Crippen molar-refractivity contribution in [3.8, 4) is 0 Å². The van der Waals surface area contributed by atoms with E-state index in [1.54, 1.807) is 16.7 Å². The average Bonchev–Trinajstić information content (AvgIpc) is 2.43. The smallest absolute Gasteiger partial charge is 0.239 e. The van der Waals surface area contributed by atoms with E-state index in [9.17, 15) is 4.79 Å². The second-order valence-electron chi connectivity index (χ2n) is 4.92. The molecule has 0 radical (unpaired) electrons. The van der Waals surface area contributed by atoms with Gasteiger partial charge in [-0.25, -0.2) is 0 Å². The van der Waals surface area contributed by atoms with Gasteiger partial charge in [-0.3, -0.25) is 4.79 Å². The Bertz CT molecular complexity index is 405. The predicted molar refractivity (Wildman–Crippen MR) is 83.3 cm³/mol. The number of nitrogens with zero attached hydrogens (tertiary/aromatic N) is 1. The highest BCUT2D eigenvalue weighted by Gasteiger charge is 2.22. The van der Waals surface area contributed by atoms with E-state index in [1.165, 1.54) is 5.56 Å². The summed E-state index contributed by atoms with van der Waals surface area (Å²) in [5, 5.41) is 0. The fraction of sp³-hybridized carbons (Fsp3) is 0.533. The zero-order chi connectivity index (χ0) is 14.4. The van der Waals surface area contributed by atoms with E-state index in [0.717, 1.165) is 17.7 Å². The van der Waals surface area contributed by atoms with Gasteiger partial charge in [0.25, 0.3) is 0 Å². The van der Waals surface area contributed by atoms with Crippen LogP contribution in [0.4, 0.5) is 0 Å². The first kappa shape index (κ1) is 16.1. The van der Waals surface area contributed by atoms with Gasteiger partial charge < -0.3 is 10.6 Å². The number of hydrogen-bond donors (Lipinski definition) is 1. The number of amides is 1. The molecule has 0 bridgehead atoms. The van der Waals surface area contributed by atoms with Gasteiger partial charge in [-0.1, -0.05) is 29.8 Å². The summed E-state index contributed by atoms with van der Waals surface area (Å²) in [7, 11) is 1.83. The summed E-state index contributed by atoms with van der Waals surface area (Å²) in [5.41, 5.74) is 8.30. The van der Waals surface area contributed by atoms with Crippen molar-refractivity contribution in [1.29, 1.82) is 0 Å². The van der Waals surface area contributed by atoms with Crippen LogP contribution in [0.3, 0.4) is 0 Å². The van der Waals surface area contributed by atoms with Crippen molar-refractivity contribution in [2.24, 2.45) is 5.73 Å². The van der Waals surface area contributed by atoms with Crippen LogP contribution in [0.15, 0.2) is 24.3 Å². The lowest BCUT2D eigenvalue weighted by molar-refractivity contribution is -0.133. The number of hydrogen-bond acceptors (Lipinski definition) is 3. The summed E-state index contributed by atoms with van der Waals surface area (Å²) in [6, 6.07) is 7.92. The van der Waals surface area contributed by atoms with Crippen LogP contribution < -0.4 is 5.73 Å². The van der Waals surface area contributed by atoms with Crippen molar-refractivity contribution < 1.29 is 4.79 Å². The molecule has 0 saturated carbocycles. The lowest BCUT2D eigenvalue weighted by atomic mass is 10.0. The molecule has 4 heteroatoms. The highest BCUT2D eigenvalue weighted by atomic mass is 32.2. The minimum atomic E-state index is -0.398. The minimum Gasteiger partial charge on any atom is -0.338 e. The number of rotatable bonds is 6.